The number of hydrogen-bond acceptors (Lipinski definition) is 7. The summed E-state index contributed by atoms with van der Waals surface area (Å²) in [6.07, 6.45) is 7.98. The summed E-state index contributed by atoms with van der Waals surface area (Å²) in [6, 6.07) is -0.818. The van der Waals surface area contributed by atoms with Crippen molar-refractivity contribution in [1.82, 2.24) is 0 Å². The molecule has 0 aromatic carbocycles. The summed E-state index contributed by atoms with van der Waals surface area (Å²) in [6.45, 7) is 2.07. The summed E-state index contributed by atoms with van der Waals surface area (Å²) >= 11 is 0. The Morgan fingerprint density at radius 2 is 1.57 bits per heavy atom. The molecule has 0 fully saturated rings. The third-order valence-corrected chi connectivity index (χ3v) is 4.11. The maximum atomic E-state index is 11.7. The molecular formula is C19H38N4O5. The van der Waals surface area contributed by atoms with Crippen LogP contribution in [0, 0.1) is 0 Å². The summed E-state index contributed by atoms with van der Waals surface area (Å²) in [5, 5.41) is 9.76. The Labute approximate surface area is 168 Å². The predicted octanol–water partition coefficient (Wildman–Crippen LogP) is 0.955. The van der Waals surface area contributed by atoms with Gasteiger partial charge in [-0.05, 0) is 19.3 Å². The largest absolute Gasteiger partial charge is 0.463 e. The lowest BCUT2D eigenvalue weighted by Gasteiger charge is -2.14. The van der Waals surface area contributed by atoms with Gasteiger partial charge in [-0.2, -0.15) is 0 Å². The molecule has 0 rings (SSSR count). The monoisotopic (exact) mass is 402 g/mol. The summed E-state index contributed by atoms with van der Waals surface area (Å²) in [5.41, 5.74) is 16.1. The predicted molar refractivity (Wildman–Crippen MR) is 108 cm³/mol. The summed E-state index contributed by atoms with van der Waals surface area (Å²) < 4.78 is 9.92. The molecule has 0 spiro atoms. The Morgan fingerprint density at radius 3 is 2.21 bits per heavy atom. The molecule has 0 aromatic heterocycles. The fourth-order valence-electron chi connectivity index (χ4n) is 2.46. The van der Waals surface area contributed by atoms with Crippen LogP contribution in [0.1, 0.15) is 71.1 Å². The Bertz CT molecular complexity index is 456. The molecule has 28 heavy (non-hydrogen) atoms. The lowest BCUT2D eigenvalue weighted by molar-refractivity contribution is -0.153. The van der Waals surface area contributed by atoms with Gasteiger partial charge >= 0.3 is 11.9 Å². The highest BCUT2D eigenvalue weighted by Crippen LogP contribution is 2.09. The van der Waals surface area contributed by atoms with Crippen LogP contribution >= 0.6 is 0 Å². The summed E-state index contributed by atoms with van der Waals surface area (Å²) in [5.74, 6) is -0.991. The standard InChI is InChI=1S/C19H38N4O5/c1-2-3-4-5-6-7-8-11-17(25)27-13-15(24)14-28-18(26)16(20)10-9-12-23-19(21)22/h15-16,24H,2-14,20H2,1H3,(H4,21,22,23)/t15-,16+/m1/s1. The highest BCUT2D eigenvalue weighted by Gasteiger charge is 2.17. The zero-order valence-corrected chi connectivity index (χ0v) is 17.1. The lowest BCUT2D eigenvalue weighted by atomic mass is 10.1. The van der Waals surface area contributed by atoms with Crippen LogP contribution in [0.5, 0.6) is 0 Å². The van der Waals surface area contributed by atoms with Gasteiger partial charge in [0.1, 0.15) is 25.4 Å². The lowest BCUT2D eigenvalue weighted by Crippen LogP contribution is -2.35. The number of aliphatic hydroxyl groups excluding tert-OH is 1. The number of esters is 2. The van der Waals surface area contributed by atoms with Gasteiger partial charge in [0.15, 0.2) is 5.96 Å². The topological polar surface area (TPSA) is 163 Å². The zero-order valence-electron chi connectivity index (χ0n) is 17.1. The molecule has 0 bridgehead atoms. The van der Waals surface area contributed by atoms with Crippen LogP contribution in [-0.4, -0.2) is 54.9 Å². The molecule has 0 aromatic rings. The first kappa shape index (κ1) is 26.1. The van der Waals surface area contributed by atoms with E-state index in [4.69, 9.17) is 26.7 Å². The van der Waals surface area contributed by atoms with E-state index in [0.29, 0.717) is 25.8 Å². The van der Waals surface area contributed by atoms with Crippen LogP contribution in [0.25, 0.3) is 0 Å². The molecule has 0 aliphatic carbocycles. The van der Waals surface area contributed by atoms with Crippen LogP contribution in [0.15, 0.2) is 4.99 Å². The van der Waals surface area contributed by atoms with Crippen LogP contribution in [0.4, 0.5) is 0 Å². The minimum absolute atomic E-state index is 0.0132. The van der Waals surface area contributed by atoms with Gasteiger partial charge in [-0.3, -0.25) is 14.6 Å². The molecule has 164 valence electrons. The second-order valence-electron chi connectivity index (χ2n) is 6.89. The number of aliphatic hydroxyl groups is 1. The van der Waals surface area contributed by atoms with Gasteiger partial charge in [0.25, 0.3) is 0 Å². The van der Waals surface area contributed by atoms with Crippen molar-refractivity contribution in [3.63, 3.8) is 0 Å². The molecule has 0 aliphatic heterocycles. The first-order chi connectivity index (χ1) is 13.4. The molecule has 7 N–H and O–H groups in total. The molecule has 9 heteroatoms. The van der Waals surface area contributed by atoms with E-state index in [1.54, 1.807) is 0 Å². The number of nitrogens with zero attached hydrogens (tertiary/aromatic N) is 1. The Kier molecular flexibility index (Phi) is 16.1. The fraction of sp³-hybridized carbons (Fsp3) is 0.842. The van der Waals surface area contributed by atoms with Gasteiger partial charge in [0.05, 0.1) is 0 Å². The van der Waals surface area contributed by atoms with Crippen LogP contribution in [0.3, 0.4) is 0 Å². The van der Waals surface area contributed by atoms with Crippen molar-refractivity contribution in [3.05, 3.63) is 0 Å². The maximum absolute atomic E-state index is 11.7. The van der Waals surface area contributed by atoms with Crippen LogP contribution < -0.4 is 17.2 Å². The number of carbonyl (C=O) groups is 2. The van der Waals surface area contributed by atoms with E-state index < -0.39 is 18.1 Å². The second kappa shape index (κ2) is 17.2. The Hall–Kier alpha value is -1.87. The highest BCUT2D eigenvalue weighted by atomic mass is 16.6. The molecule has 0 amide bonds. The SMILES string of the molecule is CCCCCCCCCC(=O)OC[C@@H](O)COC(=O)[C@@H](N)CCCN=C(N)N. The van der Waals surface area contributed by atoms with Crippen molar-refractivity contribution in [2.75, 3.05) is 19.8 Å². The molecule has 0 unspecified atom stereocenters. The van der Waals surface area contributed by atoms with Gasteiger partial charge in [-0.1, -0.05) is 45.4 Å². The molecule has 9 nitrogen and oxygen atoms in total. The van der Waals surface area contributed by atoms with E-state index >= 15 is 0 Å². The molecule has 2 atom stereocenters. The van der Waals surface area contributed by atoms with Crippen LogP contribution in [-0.2, 0) is 19.1 Å². The molecule has 0 aliphatic rings. The highest BCUT2D eigenvalue weighted by molar-refractivity contribution is 5.76. The number of carbonyl (C=O) groups excluding carboxylic acids is 2. The maximum Gasteiger partial charge on any atom is 0.323 e. The number of rotatable bonds is 17. The second-order valence-corrected chi connectivity index (χ2v) is 6.89. The Balaban J connectivity index is 3.71. The average Bonchev–Trinajstić information content (AvgIpc) is 2.66. The molecule has 0 saturated carbocycles. The summed E-state index contributed by atoms with van der Waals surface area (Å²) in [7, 11) is 0. The van der Waals surface area contributed by atoms with Gasteiger partial charge < -0.3 is 31.8 Å². The van der Waals surface area contributed by atoms with E-state index in [1.165, 1.54) is 25.7 Å². The normalized spacial score (nSPS) is 12.8. The van der Waals surface area contributed by atoms with Crippen molar-refractivity contribution in [2.24, 2.45) is 22.2 Å². The number of ether oxygens (including phenoxy) is 2. The quantitative estimate of drug-likeness (QED) is 0.121. The molecule has 0 saturated heterocycles. The van der Waals surface area contributed by atoms with Crippen molar-refractivity contribution in [1.29, 1.82) is 0 Å². The first-order valence-corrected chi connectivity index (χ1v) is 10.2. The molecular weight excluding hydrogens is 364 g/mol. The third-order valence-electron chi connectivity index (χ3n) is 4.11. The number of hydrogen-bond donors (Lipinski definition) is 4. The van der Waals surface area contributed by atoms with Crippen molar-refractivity contribution in [2.45, 2.75) is 83.3 Å². The first-order valence-electron chi connectivity index (χ1n) is 10.2. The van der Waals surface area contributed by atoms with Crippen molar-refractivity contribution >= 4 is 17.9 Å². The van der Waals surface area contributed by atoms with E-state index in [-0.39, 0.29) is 25.1 Å². The fourth-order valence-corrected chi connectivity index (χ4v) is 2.46. The van der Waals surface area contributed by atoms with E-state index in [2.05, 4.69) is 11.9 Å². The number of guanidine groups is 1. The average molecular weight is 403 g/mol. The summed E-state index contributed by atoms with van der Waals surface area (Å²) in [4.78, 5) is 27.2. The minimum atomic E-state index is -1.07. The number of nitrogens with two attached hydrogens (primary N) is 3. The van der Waals surface area contributed by atoms with Gasteiger partial charge in [-0.15, -0.1) is 0 Å². The van der Waals surface area contributed by atoms with Gasteiger partial charge in [0, 0.05) is 13.0 Å². The molecule has 0 radical (unpaired) electrons. The third kappa shape index (κ3) is 16.3. The van der Waals surface area contributed by atoms with Crippen molar-refractivity contribution < 1.29 is 24.2 Å². The number of unbranched alkanes of at least 4 members (excludes halogenated alkanes) is 6. The zero-order chi connectivity index (χ0) is 21.2. The van der Waals surface area contributed by atoms with E-state index in [9.17, 15) is 14.7 Å². The van der Waals surface area contributed by atoms with Gasteiger partial charge in [-0.25, -0.2) is 0 Å². The smallest absolute Gasteiger partial charge is 0.323 e. The van der Waals surface area contributed by atoms with Crippen LogP contribution in [0.2, 0.25) is 0 Å². The van der Waals surface area contributed by atoms with Crippen molar-refractivity contribution in [3.8, 4) is 0 Å². The minimum Gasteiger partial charge on any atom is -0.463 e. The Morgan fingerprint density at radius 1 is 0.964 bits per heavy atom. The van der Waals surface area contributed by atoms with Gasteiger partial charge in [0.2, 0.25) is 0 Å². The van der Waals surface area contributed by atoms with E-state index in [1.807, 2.05) is 0 Å². The number of aliphatic imine (C=N–C) groups is 1. The molecule has 0 heterocycles. The van der Waals surface area contributed by atoms with E-state index in [0.717, 1.165) is 19.3 Å².